The van der Waals surface area contributed by atoms with Crippen molar-refractivity contribution in [2.45, 2.75) is 33.4 Å². The van der Waals surface area contributed by atoms with Gasteiger partial charge in [0.2, 0.25) is 5.91 Å². The van der Waals surface area contributed by atoms with Gasteiger partial charge < -0.3 is 10.6 Å². The molecule has 2 aromatic carbocycles. The lowest BCUT2D eigenvalue weighted by Crippen LogP contribution is -2.49. The highest BCUT2D eigenvalue weighted by Crippen LogP contribution is 2.10. The maximum atomic E-state index is 12.5. The number of amides is 2. The minimum absolute atomic E-state index is 0.0281. The molecule has 2 N–H and O–H groups in total. The molecule has 1 atom stereocenters. The van der Waals surface area contributed by atoms with E-state index in [0.717, 1.165) is 11.1 Å². The lowest BCUT2D eigenvalue weighted by Gasteiger charge is -2.22. The molecule has 0 spiro atoms. The lowest BCUT2D eigenvalue weighted by atomic mass is 10.0. The highest BCUT2D eigenvalue weighted by Gasteiger charge is 2.24. The van der Waals surface area contributed by atoms with Gasteiger partial charge in [0.25, 0.3) is 5.91 Å². The molecule has 2 aromatic rings. The van der Waals surface area contributed by atoms with Crippen molar-refractivity contribution in [3.8, 4) is 0 Å². The van der Waals surface area contributed by atoms with E-state index in [2.05, 4.69) is 10.6 Å². The number of rotatable bonds is 6. The van der Waals surface area contributed by atoms with Crippen LogP contribution in [0.4, 0.5) is 0 Å². The molecule has 25 heavy (non-hydrogen) atoms. The van der Waals surface area contributed by atoms with Crippen LogP contribution < -0.4 is 10.6 Å². The number of halogens is 1. The van der Waals surface area contributed by atoms with Crippen LogP contribution in [0.25, 0.3) is 0 Å². The average molecular weight is 359 g/mol. The number of hydrogen-bond donors (Lipinski definition) is 2. The fraction of sp³-hybridized carbons (Fsp3) is 0.300. The molecule has 0 saturated heterocycles. The summed E-state index contributed by atoms with van der Waals surface area (Å²) in [6.07, 6.45) is 0. The second kappa shape index (κ2) is 8.67. The Morgan fingerprint density at radius 1 is 1.00 bits per heavy atom. The first-order valence-corrected chi connectivity index (χ1v) is 8.64. The maximum absolute atomic E-state index is 12.5. The Labute approximate surface area is 153 Å². The summed E-state index contributed by atoms with van der Waals surface area (Å²) in [5, 5.41) is 6.35. The van der Waals surface area contributed by atoms with Gasteiger partial charge in [-0.2, -0.15) is 0 Å². The van der Waals surface area contributed by atoms with Gasteiger partial charge in [-0.15, -0.1) is 0 Å². The quantitative estimate of drug-likeness (QED) is 0.826. The van der Waals surface area contributed by atoms with Crippen molar-refractivity contribution >= 4 is 23.4 Å². The highest BCUT2D eigenvalue weighted by atomic mass is 35.5. The molecule has 0 aliphatic carbocycles. The van der Waals surface area contributed by atoms with Crippen LogP contribution in [0.1, 0.15) is 35.3 Å². The van der Waals surface area contributed by atoms with Gasteiger partial charge >= 0.3 is 0 Å². The molecule has 0 aliphatic heterocycles. The van der Waals surface area contributed by atoms with E-state index < -0.39 is 6.04 Å². The van der Waals surface area contributed by atoms with E-state index in [-0.39, 0.29) is 17.7 Å². The summed E-state index contributed by atoms with van der Waals surface area (Å²) < 4.78 is 0. The molecular formula is C20H23ClN2O2. The zero-order chi connectivity index (χ0) is 18.4. The summed E-state index contributed by atoms with van der Waals surface area (Å²) in [5.41, 5.74) is 2.57. The van der Waals surface area contributed by atoms with Crippen molar-refractivity contribution in [1.82, 2.24) is 10.6 Å². The number of carbonyl (C=O) groups excluding carboxylic acids is 2. The molecule has 132 valence electrons. The van der Waals surface area contributed by atoms with Gasteiger partial charge in [0.1, 0.15) is 6.04 Å². The van der Waals surface area contributed by atoms with E-state index in [1.54, 1.807) is 24.3 Å². The first kappa shape index (κ1) is 19.0. The minimum Gasteiger partial charge on any atom is -0.350 e. The molecule has 5 heteroatoms. The molecule has 0 radical (unpaired) electrons. The van der Waals surface area contributed by atoms with Crippen molar-refractivity contribution in [3.63, 3.8) is 0 Å². The van der Waals surface area contributed by atoms with Crippen LogP contribution in [0.5, 0.6) is 0 Å². The van der Waals surface area contributed by atoms with E-state index in [1.807, 2.05) is 45.0 Å². The van der Waals surface area contributed by atoms with Crippen molar-refractivity contribution in [1.29, 1.82) is 0 Å². The zero-order valence-corrected chi connectivity index (χ0v) is 15.4. The Bertz CT molecular complexity index is 724. The molecule has 0 unspecified atom stereocenters. The second-order valence-corrected chi connectivity index (χ2v) is 6.84. The van der Waals surface area contributed by atoms with Crippen LogP contribution in [0.3, 0.4) is 0 Å². The summed E-state index contributed by atoms with van der Waals surface area (Å²) in [6.45, 7) is 6.16. The first-order valence-electron chi connectivity index (χ1n) is 8.26. The van der Waals surface area contributed by atoms with Crippen LogP contribution in [-0.2, 0) is 11.3 Å². The van der Waals surface area contributed by atoms with Crippen LogP contribution in [0, 0.1) is 12.8 Å². The molecule has 0 saturated carbocycles. The van der Waals surface area contributed by atoms with Gasteiger partial charge in [0.05, 0.1) is 0 Å². The van der Waals surface area contributed by atoms with Gasteiger partial charge in [0.15, 0.2) is 0 Å². The number of hydrogen-bond acceptors (Lipinski definition) is 2. The molecule has 0 aromatic heterocycles. The van der Waals surface area contributed by atoms with Crippen molar-refractivity contribution in [3.05, 3.63) is 70.2 Å². The van der Waals surface area contributed by atoms with E-state index >= 15 is 0 Å². The van der Waals surface area contributed by atoms with Gasteiger partial charge in [-0.1, -0.05) is 55.3 Å². The van der Waals surface area contributed by atoms with E-state index in [0.29, 0.717) is 17.1 Å². The molecule has 2 amide bonds. The standard InChI is InChI=1S/C20H23ClN2O2/c1-13(2)18(23-19(24)16-8-4-14(3)5-9-16)20(25)22-12-15-6-10-17(21)11-7-15/h4-11,13,18H,12H2,1-3H3,(H,22,25)(H,23,24)/t18-/m1/s1. The molecular weight excluding hydrogens is 336 g/mol. The first-order chi connectivity index (χ1) is 11.9. The van der Waals surface area contributed by atoms with Crippen LogP contribution >= 0.6 is 11.6 Å². The molecule has 0 heterocycles. The Morgan fingerprint density at radius 2 is 1.60 bits per heavy atom. The predicted molar refractivity (Wildman–Crippen MR) is 101 cm³/mol. The Kier molecular flexibility index (Phi) is 6.59. The maximum Gasteiger partial charge on any atom is 0.251 e. The van der Waals surface area contributed by atoms with Crippen molar-refractivity contribution in [2.24, 2.45) is 5.92 Å². The minimum atomic E-state index is -0.596. The van der Waals surface area contributed by atoms with E-state index in [9.17, 15) is 9.59 Å². The SMILES string of the molecule is Cc1ccc(C(=O)N[C@@H](C(=O)NCc2ccc(Cl)cc2)C(C)C)cc1. The summed E-state index contributed by atoms with van der Waals surface area (Å²) in [4.78, 5) is 24.9. The number of benzene rings is 2. The lowest BCUT2D eigenvalue weighted by molar-refractivity contribution is -0.124. The Morgan fingerprint density at radius 3 is 2.16 bits per heavy atom. The third-order valence-corrected chi connectivity index (χ3v) is 4.18. The van der Waals surface area contributed by atoms with Gasteiger partial charge in [-0.05, 0) is 42.7 Å². The zero-order valence-electron chi connectivity index (χ0n) is 14.7. The topological polar surface area (TPSA) is 58.2 Å². The highest BCUT2D eigenvalue weighted by molar-refractivity contribution is 6.30. The van der Waals surface area contributed by atoms with Crippen LogP contribution in [-0.4, -0.2) is 17.9 Å². The van der Waals surface area contributed by atoms with Gasteiger partial charge in [-0.3, -0.25) is 9.59 Å². The van der Waals surface area contributed by atoms with Crippen LogP contribution in [0.2, 0.25) is 5.02 Å². The third-order valence-electron chi connectivity index (χ3n) is 3.93. The van der Waals surface area contributed by atoms with Crippen molar-refractivity contribution in [2.75, 3.05) is 0 Å². The molecule has 0 bridgehead atoms. The monoisotopic (exact) mass is 358 g/mol. The summed E-state index contributed by atoms with van der Waals surface area (Å²) in [5.74, 6) is -0.481. The number of nitrogens with one attached hydrogen (secondary N) is 2. The Balaban J connectivity index is 1.98. The van der Waals surface area contributed by atoms with Crippen LogP contribution in [0.15, 0.2) is 48.5 Å². The molecule has 0 aliphatic rings. The number of carbonyl (C=O) groups is 2. The largest absolute Gasteiger partial charge is 0.350 e. The fourth-order valence-corrected chi connectivity index (χ4v) is 2.49. The fourth-order valence-electron chi connectivity index (χ4n) is 2.37. The molecule has 4 nitrogen and oxygen atoms in total. The van der Waals surface area contributed by atoms with Gasteiger partial charge in [0, 0.05) is 17.1 Å². The van der Waals surface area contributed by atoms with E-state index in [4.69, 9.17) is 11.6 Å². The molecule has 2 rings (SSSR count). The summed E-state index contributed by atoms with van der Waals surface area (Å²) in [7, 11) is 0. The second-order valence-electron chi connectivity index (χ2n) is 6.41. The summed E-state index contributed by atoms with van der Waals surface area (Å²) >= 11 is 5.86. The normalized spacial score (nSPS) is 11.9. The van der Waals surface area contributed by atoms with Gasteiger partial charge in [-0.25, -0.2) is 0 Å². The third kappa shape index (κ3) is 5.61. The summed E-state index contributed by atoms with van der Waals surface area (Å²) in [6, 6.07) is 13.9. The van der Waals surface area contributed by atoms with Crippen molar-refractivity contribution < 1.29 is 9.59 Å². The van der Waals surface area contributed by atoms with E-state index in [1.165, 1.54) is 0 Å². The molecule has 0 fully saturated rings. The predicted octanol–water partition coefficient (Wildman–Crippen LogP) is 3.72. The number of aryl methyl sites for hydroxylation is 1. The average Bonchev–Trinajstić information content (AvgIpc) is 2.59. The smallest absolute Gasteiger partial charge is 0.251 e. The Hall–Kier alpha value is -2.33.